The Balaban J connectivity index is 1.83. The third kappa shape index (κ3) is 1.95. The number of ether oxygens (including phenoxy) is 1. The first-order chi connectivity index (χ1) is 6.62. The van der Waals surface area contributed by atoms with Gasteiger partial charge in [0.1, 0.15) is 0 Å². The van der Waals surface area contributed by atoms with Crippen LogP contribution >= 0.6 is 0 Å². The highest BCUT2D eigenvalue weighted by Gasteiger charge is 2.58. The summed E-state index contributed by atoms with van der Waals surface area (Å²) in [6.45, 7) is 13.9. The highest BCUT2D eigenvalue weighted by atomic mass is 16.5. The van der Waals surface area contributed by atoms with Gasteiger partial charge in [-0.05, 0) is 29.6 Å². The summed E-state index contributed by atoms with van der Waals surface area (Å²) < 4.78 is 6.15. The molecule has 88 valence electrons. The van der Waals surface area contributed by atoms with E-state index in [1.807, 2.05) is 0 Å². The average molecular weight is 210 g/mol. The molecule has 0 aromatic rings. The van der Waals surface area contributed by atoms with E-state index in [1.165, 1.54) is 19.3 Å². The van der Waals surface area contributed by atoms with E-state index in [1.54, 1.807) is 0 Å². The Labute approximate surface area is 94.6 Å². The molecule has 1 aliphatic carbocycles. The van der Waals surface area contributed by atoms with Crippen LogP contribution in [0.3, 0.4) is 0 Å². The van der Waals surface area contributed by atoms with Gasteiger partial charge in [0, 0.05) is 6.42 Å². The van der Waals surface area contributed by atoms with Gasteiger partial charge in [-0.1, -0.05) is 41.5 Å². The van der Waals surface area contributed by atoms with Crippen LogP contribution < -0.4 is 0 Å². The molecule has 1 heteroatoms. The van der Waals surface area contributed by atoms with Crippen LogP contribution in [0, 0.1) is 16.7 Å². The van der Waals surface area contributed by atoms with Crippen molar-refractivity contribution in [2.45, 2.75) is 72.5 Å². The van der Waals surface area contributed by atoms with E-state index in [0.717, 1.165) is 5.92 Å². The first kappa shape index (κ1) is 11.4. The van der Waals surface area contributed by atoms with Crippen molar-refractivity contribution in [1.29, 1.82) is 0 Å². The monoisotopic (exact) mass is 210 g/mol. The molecule has 1 saturated carbocycles. The minimum absolute atomic E-state index is 0.301. The molecule has 2 fully saturated rings. The fourth-order valence-electron chi connectivity index (χ4n) is 2.83. The molecular weight excluding hydrogens is 184 g/mol. The van der Waals surface area contributed by atoms with Gasteiger partial charge in [0.2, 0.25) is 0 Å². The maximum Gasteiger partial charge on any atom is 0.0717 e. The van der Waals surface area contributed by atoms with Gasteiger partial charge in [-0.2, -0.15) is 0 Å². The Morgan fingerprint density at radius 3 is 1.67 bits per heavy atom. The zero-order valence-corrected chi connectivity index (χ0v) is 11.2. The Morgan fingerprint density at radius 1 is 0.867 bits per heavy atom. The number of hydrogen-bond donors (Lipinski definition) is 0. The van der Waals surface area contributed by atoms with Gasteiger partial charge in [-0.15, -0.1) is 0 Å². The zero-order chi connectivity index (χ0) is 11.5. The third-order valence-electron chi connectivity index (χ3n) is 4.38. The minimum Gasteiger partial charge on any atom is -0.371 e. The van der Waals surface area contributed by atoms with Gasteiger partial charge in [0.05, 0.1) is 11.7 Å². The highest BCUT2D eigenvalue weighted by molar-refractivity contribution is 5.08. The lowest BCUT2D eigenvalue weighted by Gasteiger charge is -2.62. The summed E-state index contributed by atoms with van der Waals surface area (Å²) in [6, 6.07) is 0. The van der Waals surface area contributed by atoms with Gasteiger partial charge in [0.25, 0.3) is 0 Å². The van der Waals surface area contributed by atoms with Crippen LogP contribution in [0.15, 0.2) is 0 Å². The van der Waals surface area contributed by atoms with Gasteiger partial charge in [-0.25, -0.2) is 0 Å². The van der Waals surface area contributed by atoms with E-state index in [0.29, 0.717) is 22.5 Å². The maximum atomic E-state index is 6.15. The van der Waals surface area contributed by atoms with Gasteiger partial charge >= 0.3 is 0 Å². The molecule has 1 saturated heterocycles. The van der Waals surface area contributed by atoms with Gasteiger partial charge in [0.15, 0.2) is 0 Å². The first-order valence-electron chi connectivity index (χ1n) is 6.30. The van der Waals surface area contributed by atoms with E-state index >= 15 is 0 Å². The fourth-order valence-corrected chi connectivity index (χ4v) is 2.83. The lowest BCUT2D eigenvalue weighted by Crippen LogP contribution is -2.63. The second-order valence-corrected chi connectivity index (χ2v) is 7.83. The minimum atomic E-state index is 0.301. The summed E-state index contributed by atoms with van der Waals surface area (Å²) in [5, 5.41) is 0. The molecule has 0 bridgehead atoms. The third-order valence-corrected chi connectivity index (χ3v) is 4.38. The summed E-state index contributed by atoms with van der Waals surface area (Å²) >= 11 is 0. The van der Waals surface area contributed by atoms with Crippen LogP contribution in [0.1, 0.15) is 60.8 Å². The molecule has 1 spiro atoms. The van der Waals surface area contributed by atoms with E-state index in [4.69, 9.17) is 4.74 Å². The van der Waals surface area contributed by atoms with Crippen molar-refractivity contribution in [3.8, 4) is 0 Å². The van der Waals surface area contributed by atoms with Crippen LogP contribution in [0.25, 0.3) is 0 Å². The second kappa shape index (κ2) is 3.00. The zero-order valence-electron chi connectivity index (χ0n) is 11.2. The van der Waals surface area contributed by atoms with Crippen LogP contribution in [0.2, 0.25) is 0 Å². The molecule has 2 rings (SSSR count). The Hall–Kier alpha value is -0.0400. The largest absolute Gasteiger partial charge is 0.371 e. The molecule has 0 aromatic carbocycles. The average Bonchev–Trinajstić information content (AvgIpc) is 1.71. The number of hydrogen-bond acceptors (Lipinski definition) is 1. The van der Waals surface area contributed by atoms with E-state index < -0.39 is 0 Å². The standard InChI is InChI=1S/C14H26O/c1-12(2,3)10-7-14(8-10)9-11(15-14)13(4,5)6/h10-11H,7-9H2,1-6H3. The SMILES string of the molecule is CC(C)(C)C1CC2(C1)CC(C(C)(C)C)O2. The molecule has 0 aromatic heterocycles. The summed E-state index contributed by atoms with van der Waals surface area (Å²) in [5.41, 5.74) is 1.11. The summed E-state index contributed by atoms with van der Waals surface area (Å²) in [6.07, 6.45) is 4.38. The van der Waals surface area contributed by atoms with Gasteiger partial charge < -0.3 is 4.74 Å². The van der Waals surface area contributed by atoms with Crippen molar-refractivity contribution in [3.63, 3.8) is 0 Å². The molecule has 1 unspecified atom stereocenters. The lowest BCUT2D eigenvalue weighted by atomic mass is 9.55. The quantitative estimate of drug-likeness (QED) is 0.587. The molecule has 2 aliphatic rings. The Bertz CT molecular complexity index is 210. The summed E-state index contributed by atoms with van der Waals surface area (Å²) in [7, 11) is 0. The molecule has 1 atom stereocenters. The van der Waals surface area contributed by atoms with Crippen molar-refractivity contribution in [2.24, 2.45) is 16.7 Å². The van der Waals surface area contributed by atoms with Crippen LogP contribution in [0.5, 0.6) is 0 Å². The molecule has 0 radical (unpaired) electrons. The van der Waals surface area contributed by atoms with Crippen molar-refractivity contribution in [3.05, 3.63) is 0 Å². The summed E-state index contributed by atoms with van der Waals surface area (Å²) in [5.74, 6) is 0.874. The first-order valence-corrected chi connectivity index (χ1v) is 6.30. The molecule has 1 heterocycles. The normalized spacial score (nSPS) is 41.2. The molecule has 15 heavy (non-hydrogen) atoms. The molecule has 1 aliphatic heterocycles. The molecule has 0 N–H and O–H groups in total. The van der Waals surface area contributed by atoms with Crippen molar-refractivity contribution in [1.82, 2.24) is 0 Å². The molecule has 0 amide bonds. The Morgan fingerprint density at radius 2 is 1.33 bits per heavy atom. The van der Waals surface area contributed by atoms with Crippen molar-refractivity contribution in [2.75, 3.05) is 0 Å². The predicted octanol–water partition coefficient (Wildman–Crippen LogP) is 4.02. The van der Waals surface area contributed by atoms with E-state index in [-0.39, 0.29) is 0 Å². The Kier molecular flexibility index (Phi) is 2.29. The topological polar surface area (TPSA) is 9.23 Å². The van der Waals surface area contributed by atoms with Gasteiger partial charge in [-0.3, -0.25) is 0 Å². The lowest BCUT2D eigenvalue weighted by molar-refractivity contribution is -0.295. The highest BCUT2D eigenvalue weighted by Crippen LogP contribution is 2.58. The second-order valence-electron chi connectivity index (χ2n) is 7.83. The van der Waals surface area contributed by atoms with Crippen molar-refractivity contribution < 1.29 is 4.74 Å². The molecule has 1 nitrogen and oxygen atoms in total. The fraction of sp³-hybridized carbons (Fsp3) is 1.00. The molecular formula is C14H26O. The smallest absolute Gasteiger partial charge is 0.0717 e. The van der Waals surface area contributed by atoms with Crippen LogP contribution in [-0.4, -0.2) is 11.7 Å². The van der Waals surface area contributed by atoms with E-state index in [9.17, 15) is 0 Å². The van der Waals surface area contributed by atoms with E-state index in [2.05, 4.69) is 41.5 Å². The van der Waals surface area contributed by atoms with Crippen LogP contribution in [-0.2, 0) is 4.74 Å². The number of rotatable bonds is 0. The van der Waals surface area contributed by atoms with Crippen molar-refractivity contribution >= 4 is 0 Å². The maximum absolute atomic E-state index is 6.15. The summed E-state index contributed by atoms with van der Waals surface area (Å²) in [4.78, 5) is 0. The van der Waals surface area contributed by atoms with Crippen LogP contribution in [0.4, 0.5) is 0 Å². The predicted molar refractivity (Wildman–Crippen MR) is 63.9 cm³/mol.